The van der Waals surface area contributed by atoms with Crippen LogP contribution in [0.25, 0.3) is 10.9 Å². The number of fused-ring (bicyclic) bond motifs is 1. The van der Waals surface area contributed by atoms with Crippen molar-refractivity contribution in [1.29, 1.82) is 5.41 Å². The number of guanidine groups is 1. The van der Waals surface area contributed by atoms with Gasteiger partial charge in [-0.15, -0.1) is 5.10 Å². The monoisotopic (exact) mass is 1810 g/mol. The average molecular weight is 1810 g/mol. The number of allylic oxidation sites excluding steroid dienone is 7. The van der Waals surface area contributed by atoms with Crippen LogP contribution in [0.4, 0.5) is 4.79 Å². The number of nitrogens with one attached hydrogen (secondary N) is 9. The number of aliphatic hydroxyl groups is 2. The quantitative estimate of drug-likeness (QED) is 0.00459. The molecule has 2 aromatic carbocycles. The van der Waals surface area contributed by atoms with Crippen LogP contribution in [-0.2, 0) is 104 Å². The summed E-state index contributed by atoms with van der Waals surface area (Å²) in [7, 11) is 0. The maximum atomic E-state index is 15.5. The normalized spacial score (nSPS) is 20.4. The lowest BCUT2D eigenvalue weighted by Gasteiger charge is -2.39. The number of amides is 7. The van der Waals surface area contributed by atoms with Crippen LogP contribution in [0.1, 0.15) is 187 Å². The van der Waals surface area contributed by atoms with Crippen molar-refractivity contribution in [3.8, 4) is 5.75 Å². The van der Waals surface area contributed by atoms with Gasteiger partial charge in [-0.25, -0.2) is 14.6 Å². The Morgan fingerprint density at radius 2 is 1.49 bits per heavy atom. The second kappa shape index (κ2) is 51.3. The zero-order valence-corrected chi connectivity index (χ0v) is 75.9. The summed E-state index contributed by atoms with van der Waals surface area (Å²) in [5.74, 6) is -12.7. The minimum Gasteiger partial charge on any atom is -0.508 e. The summed E-state index contributed by atoms with van der Waals surface area (Å²) in [6, 6.07) is 6.46. The van der Waals surface area contributed by atoms with Gasteiger partial charge in [0.1, 0.15) is 11.9 Å². The lowest BCUT2D eigenvalue weighted by atomic mass is 9.87. The smallest absolute Gasteiger partial charge is 0.407 e. The fourth-order valence-corrected chi connectivity index (χ4v) is 17.1. The van der Waals surface area contributed by atoms with Gasteiger partial charge >= 0.3 is 12.1 Å². The number of hydrogen-bond donors (Lipinski definition) is 14. The number of imidazole rings is 1. The molecule has 7 amide bonds. The molecule has 3 aromatic heterocycles. The van der Waals surface area contributed by atoms with Gasteiger partial charge in [-0.05, 0) is 132 Å². The molecule has 708 valence electrons. The highest BCUT2D eigenvalue weighted by atomic mass is 16.6. The number of para-hydroxylation sites is 1. The van der Waals surface area contributed by atoms with E-state index < -0.39 is 163 Å². The number of nitrogens with two attached hydrogens (primary N) is 2. The number of H-pyrrole nitrogens is 2. The van der Waals surface area contributed by atoms with E-state index >= 15 is 24.0 Å². The fraction of sp³-hybridized carbons (Fsp3) is 0.531. The molecule has 4 aliphatic heterocycles. The van der Waals surface area contributed by atoms with Crippen molar-refractivity contribution in [3.05, 3.63) is 168 Å². The standard InChI is InChI=1S/C96H130N16O19/c1-8-16-86-61(7)81(116)51-87(131-86)75(23-11-17-58(4)42-60(6)43-59(5)26-31-71-20-12-25-90(123)130-71)108-96(128)129-40-36-68-54-111(110-109-68)38-14-19-63(91(124)105-76(41-57(2)3)84(119)48-64(18-13-37-101-95(98)99)94(127)112-39-15-24-79(112)80(115)33-34-88(97)121)47-83(118)77(44-62-27-29-70(114)30-28-62)106-93(126)67(55-113)50-85(120)78(46-66-52-102-73-22-10-9-21-72(66)73)107-92(125)65(45-69-53-100-56-103-69)49-82(117)74-32-35-89(122)104-74/h8-12,16-17,21-23,25-31,43,52-54,56-57,60-61,63-65,67,71,74-79,81,86-87,102,113-114,116H,13-15,18-20,24,32-42,44-51,55H2,1-7H3,(H2,97,121)(H,100,103)(H,104,122)(H,105,124)(H,106,126)(H,107,125)(H,108,128)(H4,98,99,101)/b16-8+,23-11+,31-26+,58-17+,59-43-/t60-,61+,63-,64-,65-,67+,71-,74+,75-,76+,77+,78+,79+,81-,86+,87+/m1/s1. The Balaban J connectivity index is 0.942. The number of aromatic hydroxyl groups is 1. The van der Waals surface area contributed by atoms with Gasteiger partial charge in [-0.2, -0.15) is 0 Å². The highest BCUT2D eigenvalue weighted by Gasteiger charge is 2.42. The van der Waals surface area contributed by atoms with E-state index in [2.05, 4.69) is 70.2 Å². The Hall–Kier alpha value is -12.4. The molecule has 0 aliphatic carbocycles. The number of likely N-dealkylation sites (tertiary alicyclic amines) is 1. The maximum absolute atomic E-state index is 15.5. The van der Waals surface area contributed by atoms with Crippen molar-refractivity contribution in [2.75, 3.05) is 26.3 Å². The number of cyclic esters (lactones) is 1. The van der Waals surface area contributed by atoms with Crippen molar-refractivity contribution < 1.29 is 91.9 Å². The first-order valence-electron chi connectivity index (χ1n) is 45.5. The topological polar surface area (TPSA) is 537 Å². The zero-order valence-electron chi connectivity index (χ0n) is 75.9. The molecule has 0 radical (unpaired) electrons. The second-order valence-electron chi connectivity index (χ2n) is 35.4. The molecule has 35 nitrogen and oxygen atoms in total. The number of benzene rings is 2. The Bertz CT molecular complexity index is 4950. The van der Waals surface area contributed by atoms with E-state index in [1.165, 1.54) is 46.3 Å². The molecule has 35 heteroatoms. The number of nitrogens with zero attached hydrogens (tertiary/aromatic N) is 5. The Labute approximate surface area is 763 Å². The number of aromatic nitrogens is 6. The largest absolute Gasteiger partial charge is 0.508 e. The van der Waals surface area contributed by atoms with Crippen LogP contribution in [0.3, 0.4) is 0 Å². The van der Waals surface area contributed by atoms with Crippen LogP contribution in [0.15, 0.2) is 145 Å². The van der Waals surface area contributed by atoms with Crippen molar-refractivity contribution in [2.45, 2.75) is 257 Å². The number of alkyl carbamates (subject to hydrolysis) is 1. The number of aryl methyl sites for hydroxylation is 1. The molecule has 5 aromatic rings. The van der Waals surface area contributed by atoms with E-state index in [9.17, 15) is 53.7 Å². The number of hydrogen-bond acceptors (Lipinski definition) is 23. The predicted molar refractivity (Wildman–Crippen MR) is 487 cm³/mol. The molecule has 16 atom stereocenters. The van der Waals surface area contributed by atoms with Gasteiger partial charge in [0.15, 0.2) is 34.9 Å². The molecule has 16 N–H and O–H groups in total. The summed E-state index contributed by atoms with van der Waals surface area (Å²) in [5, 5.41) is 66.9. The summed E-state index contributed by atoms with van der Waals surface area (Å²) in [4.78, 5) is 194. The van der Waals surface area contributed by atoms with Crippen LogP contribution in [0.5, 0.6) is 5.75 Å². The van der Waals surface area contributed by atoms with Crippen molar-refractivity contribution in [3.63, 3.8) is 0 Å². The molecule has 0 bridgehead atoms. The summed E-state index contributed by atoms with van der Waals surface area (Å²) >= 11 is 0. The zero-order chi connectivity index (χ0) is 94.8. The lowest BCUT2D eigenvalue weighted by Crippen LogP contribution is -2.51. The third-order valence-corrected chi connectivity index (χ3v) is 24.2. The number of Topliss-reactive ketones (excluding diaryl/α,β-unsaturated/α-hetero) is 5. The SMILES string of the molecule is C/C=C/[C@@H]1O[C@H]([C@@H](/C=C/C=C(\C)C[C@@H](C)/C=C(C)\C=C\[C@H]2CC=CC(=O)O2)NC(=O)OCCc2cn(CCC[C@H](CC(=O)[C@H](Cc3ccc(O)cc3)NC(=O)[C@H](CO)CC(=O)[C@H](Cc3c[nH]c4ccccc34)NC(=O)[C@@H](CC(=O)[C@@H]3CCC(=O)N3)Cc3c[nH]cn3)C(=O)N[C@@H](CC(C)C)C(=O)C[C@@H](CCCNC(=N)N)C(=O)N3CCC[C@H]3C(=O)CCC(N)=O)nn2)C[C@@H](O)[C@@H]1C. The number of ketones is 5. The van der Waals surface area contributed by atoms with E-state index in [0.29, 0.717) is 48.2 Å². The molecule has 131 heavy (non-hydrogen) atoms. The van der Waals surface area contributed by atoms with E-state index in [0.717, 1.165) is 22.0 Å². The van der Waals surface area contributed by atoms with Gasteiger partial charge < -0.3 is 87.8 Å². The van der Waals surface area contributed by atoms with Crippen LogP contribution < -0.4 is 43.4 Å². The van der Waals surface area contributed by atoms with Gasteiger partial charge in [0.2, 0.25) is 35.4 Å². The number of phenols is 1. The number of phenolic OH excluding ortho intramolecular Hbond substituents is 1. The third-order valence-electron chi connectivity index (χ3n) is 24.2. The van der Waals surface area contributed by atoms with Crippen molar-refractivity contribution in [2.24, 2.45) is 52.9 Å². The molecule has 0 spiro atoms. The molecule has 0 unspecified atom stereocenters. The number of ether oxygens (including phenoxy) is 3. The number of rotatable bonds is 53. The predicted octanol–water partition coefficient (Wildman–Crippen LogP) is 7.13. The van der Waals surface area contributed by atoms with Crippen molar-refractivity contribution >= 4 is 93.3 Å². The van der Waals surface area contributed by atoms with Crippen LogP contribution in [0, 0.1) is 46.8 Å². The lowest BCUT2D eigenvalue weighted by molar-refractivity contribution is -0.143. The number of aliphatic hydroxyl groups excluding tert-OH is 2. The number of aromatic amines is 2. The Morgan fingerprint density at radius 1 is 0.786 bits per heavy atom. The number of primary amides is 1. The molecule has 0 saturated carbocycles. The summed E-state index contributed by atoms with van der Waals surface area (Å²) in [6.45, 7) is 12.9. The van der Waals surface area contributed by atoms with Crippen LogP contribution in [0.2, 0.25) is 0 Å². The van der Waals surface area contributed by atoms with Gasteiger partial charge in [0, 0.05) is 150 Å². The third kappa shape index (κ3) is 32.9. The first-order valence-corrected chi connectivity index (χ1v) is 45.5. The van der Waals surface area contributed by atoms with Crippen LogP contribution in [-0.4, -0.2) is 220 Å². The van der Waals surface area contributed by atoms with Gasteiger partial charge in [0.05, 0.1) is 97.3 Å². The first kappa shape index (κ1) is 102. The van der Waals surface area contributed by atoms with Gasteiger partial charge in [-0.1, -0.05) is 123 Å². The molecular formula is C96H130N16O19. The highest BCUT2D eigenvalue weighted by Crippen LogP contribution is 2.32. The summed E-state index contributed by atoms with van der Waals surface area (Å²) in [5.41, 5.74) is 15.7. The Morgan fingerprint density at radius 3 is 2.18 bits per heavy atom. The van der Waals surface area contributed by atoms with E-state index in [1.807, 2.05) is 96.2 Å². The summed E-state index contributed by atoms with van der Waals surface area (Å²) in [6.07, 6.45) is 22.3. The van der Waals surface area contributed by atoms with Gasteiger partial charge in [0.25, 0.3) is 0 Å². The van der Waals surface area contributed by atoms with E-state index in [4.69, 9.17) is 31.1 Å². The van der Waals surface area contributed by atoms with Crippen molar-refractivity contribution in [1.82, 2.24) is 66.7 Å². The number of esters is 1. The minimum absolute atomic E-state index is 0.0383. The number of carbonyl (C=O) groups excluding carboxylic acids is 13. The fourth-order valence-electron chi connectivity index (χ4n) is 17.1. The molecule has 3 saturated heterocycles. The minimum atomic E-state index is -1.56. The number of carbonyl (C=O) groups is 13. The van der Waals surface area contributed by atoms with E-state index in [-0.39, 0.29) is 176 Å². The molecule has 3 fully saturated rings. The molecule has 9 rings (SSSR count). The van der Waals surface area contributed by atoms with E-state index in [1.54, 1.807) is 36.8 Å². The highest BCUT2D eigenvalue weighted by molar-refractivity contribution is 6.00. The second-order valence-corrected chi connectivity index (χ2v) is 35.4. The molecule has 4 aliphatic rings. The molecule has 7 heterocycles. The van der Waals surface area contributed by atoms with Gasteiger partial charge in [-0.3, -0.25) is 62.8 Å². The maximum Gasteiger partial charge on any atom is 0.407 e. The van der Waals surface area contributed by atoms with Crippen LogP contribution >= 0.6 is 0 Å². The average Bonchev–Trinajstić information content (AvgIpc) is 1.78. The molecular weight excluding hydrogens is 1680 g/mol. The summed E-state index contributed by atoms with van der Waals surface area (Å²) < 4.78 is 19.1. The first-order chi connectivity index (χ1) is 62.7. The Kier molecular flexibility index (Phi) is 40.1.